The molecule has 0 radical (unpaired) electrons. The van der Waals surface area contributed by atoms with Crippen LogP contribution in [0.25, 0.3) is 0 Å². The van der Waals surface area contributed by atoms with Gasteiger partial charge in [0.15, 0.2) is 0 Å². The second-order valence-corrected chi connectivity index (χ2v) is 3.26. The Hall–Kier alpha value is -1.04. The van der Waals surface area contributed by atoms with Gasteiger partial charge in [0.1, 0.15) is 0 Å². The summed E-state index contributed by atoms with van der Waals surface area (Å²) in [5.74, 6) is 0. The SMILES string of the molecule is C=C(C)C(C)=CC=C(C)C(=C)C. The summed E-state index contributed by atoms with van der Waals surface area (Å²) in [7, 11) is 0. The van der Waals surface area contributed by atoms with Gasteiger partial charge in [0, 0.05) is 0 Å². The van der Waals surface area contributed by atoms with Crippen molar-refractivity contribution < 1.29 is 0 Å². The van der Waals surface area contributed by atoms with Crippen LogP contribution in [0.5, 0.6) is 0 Å². The molecule has 0 rings (SSSR count). The van der Waals surface area contributed by atoms with Crippen LogP contribution in [0.2, 0.25) is 0 Å². The molecular weight excluding hydrogens is 144 g/mol. The van der Waals surface area contributed by atoms with E-state index in [1.54, 1.807) is 0 Å². The molecule has 0 nitrogen and oxygen atoms in total. The average Bonchev–Trinajstić information content (AvgIpc) is 1.98. The monoisotopic (exact) mass is 162 g/mol. The minimum absolute atomic E-state index is 1.11. The summed E-state index contributed by atoms with van der Waals surface area (Å²) in [5.41, 5.74) is 4.66. The third-order valence-electron chi connectivity index (χ3n) is 1.93. The van der Waals surface area contributed by atoms with E-state index in [0.29, 0.717) is 0 Å². The summed E-state index contributed by atoms with van der Waals surface area (Å²) >= 11 is 0. The molecule has 0 bridgehead atoms. The quantitative estimate of drug-likeness (QED) is 0.549. The molecule has 0 aromatic carbocycles. The van der Waals surface area contributed by atoms with Gasteiger partial charge in [-0.25, -0.2) is 0 Å². The maximum absolute atomic E-state index is 3.86. The Morgan fingerprint density at radius 2 is 1.00 bits per heavy atom. The molecule has 0 fully saturated rings. The minimum Gasteiger partial charge on any atom is -0.0958 e. The van der Waals surface area contributed by atoms with Crippen molar-refractivity contribution in [3.63, 3.8) is 0 Å². The maximum atomic E-state index is 3.86. The van der Waals surface area contributed by atoms with Gasteiger partial charge in [-0.15, -0.1) is 0 Å². The minimum atomic E-state index is 1.11. The van der Waals surface area contributed by atoms with Gasteiger partial charge in [-0.3, -0.25) is 0 Å². The molecule has 0 saturated heterocycles. The first-order valence-corrected chi connectivity index (χ1v) is 4.12. The second kappa shape index (κ2) is 4.76. The predicted molar refractivity (Wildman–Crippen MR) is 57.1 cm³/mol. The Morgan fingerprint density at radius 3 is 1.17 bits per heavy atom. The lowest BCUT2D eigenvalue weighted by Gasteiger charge is -1.98. The molecule has 0 spiro atoms. The Labute approximate surface area is 76.0 Å². The third-order valence-corrected chi connectivity index (χ3v) is 1.93. The Kier molecular flexibility index (Phi) is 4.35. The van der Waals surface area contributed by atoms with Crippen molar-refractivity contribution in [1.82, 2.24) is 0 Å². The smallest absolute Gasteiger partial charge is 0.0395 e. The van der Waals surface area contributed by atoms with E-state index in [0.717, 1.165) is 11.1 Å². The van der Waals surface area contributed by atoms with Crippen molar-refractivity contribution in [1.29, 1.82) is 0 Å². The fourth-order valence-electron chi connectivity index (χ4n) is 0.535. The lowest BCUT2D eigenvalue weighted by molar-refractivity contribution is 1.33. The van der Waals surface area contributed by atoms with E-state index in [1.807, 2.05) is 13.8 Å². The summed E-state index contributed by atoms with van der Waals surface area (Å²) < 4.78 is 0. The first-order chi connectivity index (χ1) is 5.45. The highest BCUT2D eigenvalue weighted by atomic mass is 13.9. The van der Waals surface area contributed by atoms with Crippen LogP contribution < -0.4 is 0 Å². The van der Waals surface area contributed by atoms with E-state index < -0.39 is 0 Å². The Balaban J connectivity index is 4.48. The molecule has 0 saturated carbocycles. The van der Waals surface area contributed by atoms with Crippen LogP contribution in [0.1, 0.15) is 27.7 Å². The zero-order chi connectivity index (χ0) is 9.72. The summed E-state index contributed by atoms with van der Waals surface area (Å²) in [6.07, 6.45) is 4.15. The van der Waals surface area contributed by atoms with Crippen LogP contribution in [-0.2, 0) is 0 Å². The van der Waals surface area contributed by atoms with Gasteiger partial charge in [-0.2, -0.15) is 0 Å². The maximum Gasteiger partial charge on any atom is -0.0395 e. The van der Waals surface area contributed by atoms with Crippen LogP contribution in [0.4, 0.5) is 0 Å². The first-order valence-electron chi connectivity index (χ1n) is 4.12. The number of allylic oxidation sites excluding steroid dienone is 6. The van der Waals surface area contributed by atoms with Crippen LogP contribution in [0.15, 0.2) is 47.6 Å². The molecule has 0 aliphatic carbocycles. The molecule has 12 heavy (non-hydrogen) atoms. The highest BCUT2D eigenvalue weighted by Crippen LogP contribution is 2.09. The van der Waals surface area contributed by atoms with E-state index in [1.165, 1.54) is 11.1 Å². The second-order valence-electron chi connectivity index (χ2n) is 3.26. The Bertz CT molecular complexity index is 221. The van der Waals surface area contributed by atoms with Crippen molar-refractivity contribution >= 4 is 0 Å². The Morgan fingerprint density at radius 1 is 0.750 bits per heavy atom. The molecule has 0 heteroatoms. The molecule has 0 heterocycles. The molecule has 0 aliphatic rings. The number of rotatable bonds is 3. The van der Waals surface area contributed by atoms with Crippen LogP contribution >= 0.6 is 0 Å². The van der Waals surface area contributed by atoms with Crippen molar-refractivity contribution in [3.8, 4) is 0 Å². The van der Waals surface area contributed by atoms with Crippen molar-refractivity contribution in [2.24, 2.45) is 0 Å². The van der Waals surface area contributed by atoms with E-state index in [4.69, 9.17) is 0 Å². The van der Waals surface area contributed by atoms with Gasteiger partial charge in [-0.1, -0.05) is 36.5 Å². The van der Waals surface area contributed by atoms with Gasteiger partial charge < -0.3 is 0 Å². The molecule has 0 aromatic heterocycles. The van der Waals surface area contributed by atoms with Crippen LogP contribution in [0.3, 0.4) is 0 Å². The molecule has 0 atom stereocenters. The molecule has 0 aromatic rings. The van der Waals surface area contributed by atoms with Gasteiger partial charge >= 0.3 is 0 Å². The van der Waals surface area contributed by atoms with E-state index >= 15 is 0 Å². The standard InChI is InChI=1S/C12H18/c1-9(2)11(5)7-8-12(6)10(3)4/h7-8H,1,3H2,2,4-6H3. The van der Waals surface area contributed by atoms with E-state index in [-0.39, 0.29) is 0 Å². The van der Waals surface area contributed by atoms with Crippen LogP contribution in [-0.4, -0.2) is 0 Å². The molecule has 0 N–H and O–H groups in total. The van der Waals surface area contributed by atoms with E-state index in [9.17, 15) is 0 Å². The fraction of sp³-hybridized carbons (Fsp3) is 0.333. The summed E-state index contributed by atoms with van der Waals surface area (Å²) in [6.45, 7) is 15.9. The molecule has 0 aliphatic heterocycles. The predicted octanol–water partition coefficient (Wildman–Crippen LogP) is 4.03. The first kappa shape index (κ1) is 11.0. The highest BCUT2D eigenvalue weighted by Gasteiger charge is 1.88. The molecule has 0 unspecified atom stereocenters. The molecule has 0 amide bonds. The largest absolute Gasteiger partial charge is 0.0958 e. The third kappa shape index (κ3) is 3.97. The van der Waals surface area contributed by atoms with Gasteiger partial charge in [0.2, 0.25) is 0 Å². The number of hydrogen-bond donors (Lipinski definition) is 0. The summed E-state index contributed by atoms with van der Waals surface area (Å²) in [6, 6.07) is 0. The van der Waals surface area contributed by atoms with E-state index in [2.05, 4.69) is 39.2 Å². The summed E-state index contributed by atoms with van der Waals surface area (Å²) in [4.78, 5) is 0. The zero-order valence-electron chi connectivity index (χ0n) is 8.57. The highest BCUT2D eigenvalue weighted by molar-refractivity contribution is 5.33. The van der Waals surface area contributed by atoms with Gasteiger partial charge in [-0.05, 0) is 38.8 Å². The van der Waals surface area contributed by atoms with Gasteiger partial charge in [0.25, 0.3) is 0 Å². The normalized spacial score (nSPS) is 13.0. The molecular formula is C12H18. The topological polar surface area (TPSA) is 0 Å². The zero-order valence-corrected chi connectivity index (χ0v) is 8.57. The molecule has 66 valence electrons. The number of hydrogen-bond acceptors (Lipinski definition) is 0. The average molecular weight is 162 g/mol. The summed E-state index contributed by atoms with van der Waals surface area (Å²) in [5, 5.41) is 0. The van der Waals surface area contributed by atoms with Crippen molar-refractivity contribution in [2.45, 2.75) is 27.7 Å². The van der Waals surface area contributed by atoms with Crippen molar-refractivity contribution in [3.05, 3.63) is 47.6 Å². The van der Waals surface area contributed by atoms with Crippen LogP contribution in [0, 0.1) is 0 Å². The fourth-order valence-corrected chi connectivity index (χ4v) is 0.535. The lowest BCUT2D eigenvalue weighted by Crippen LogP contribution is -1.77. The lowest BCUT2D eigenvalue weighted by atomic mass is 10.1. The van der Waals surface area contributed by atoms with Gasteiger partial charge in [0.05, 0.1) is 0 Å². The van der Waals surface area contributed by atoms with Crippen molar-refractivity contribution in [2.75, 3.05) is 0 Å².